The molecule has 0 aromatic carbocycles. The summed E-state index contributed by atoms with van der Waals surface area (Å²) in [6.45, 7) is 5.84. The summed E-state index contributed by atoms with van der Waals surface area (Å²) in [6.07, 6.45) is 1.54. The zero-order valence-electron chi connectivity index (χ0n) is 8.12. The zero-order valence-corrected chi connectivity index (χ0v) is 8.12. The van der Waals surface area contributed by atoms with Gasteiger partial charge in [0.05, 0.1) is 6.07 Å². The van der Waals surface area contributed by atoms with Crippen LogP contribution >= 0.6 is 0 Å². The maximum atomic E-state index is 11.3. The average Bonchev–Trinajstić information content (AvgIpc) is 2.21. The second kappa shape index (κ2) is 6.66. The van der Waals surface area contributed by atoms with Gasteiger partial charge in [0, 0.05) is 13.1 Å². The number of rotatable bonds is 4. The highest BCUT2D eigenvalue weighted by molar-refractivity contribution is 6.35. The molecule has 76 valence electrons. The Kier molecular flexibility index (Phi) is 5.79. The first-order valence-corrected chi connectivity index (χ1v) is 4.22. The smallest absolute Gasteiger partial charge is 0.312 e. The van der Waals surface area contributed by atoms with Crippen LogP contribution in [-0.4, -0.2) is 36.3 Å². The van der Waals surface area contributed by atoms with E-state index in [4.69, 9.17) is 5.26 Å². The second-order valence-corrected chi connectivity index (χ2v) is 2.47. The number of hydrogen-bond donors (Lipinski definition) is 1. The van der Waals surface area contributed by atoms with E-state index in [1.807, 2.05) is 0 Å². The second-order valence-electron chi connectivity index (χ2n) is 2.47. The number of nitriles is 1. The normalized spacial score (nSPS) is 8.57. The summed E-state index contributed by atoms with van der Waals surface area (Å²) in [5, 5.41) is 10.4. The van der Waals surface area contributed by atoms with Gasteiger partial charge in [0.1, 0.15) is 6.54 Å². The Balaban J connectivity index is 4.21. The summed E-state index contributed by atoms with van der Waals surface area (Å²) in [6, 6.07) is 1.72. The molecule has 0 radical (unpaired) electrons. The molecule has 0 aliphatic carbocycles. The third-order valence-electron chi connectivity index (χ3n) is 1.54. The van der Waals surface area contributed by atoms with Crippen LogP contribution in [0.1, 0.15) is 6.92 Å². The minimum atomic E-state index is -0.754. The highest BCUT2D eigenvalue weighted by Gasteiger charge is 2.18. The highest BCUT2D eigenvalue weighted by Crippen LogP contribution is 1.89. The fraction of sp³-hybridized carbons (Fsp3) is 0.444. The van der Waals surface area contributed by atoms with Crippen molar-refractivity contribution in [2.24, 2.45) is 0 Å². The Morgan fingerprint density at radius 3 is 2.71 bits per heavy atom. The summed E-state index contributed by atoms with van der Waals surface area (Å²) in [7, 11) is 0. The largest absolute Gasteiger partial charge is 0.335 e. The van der Waals surface area contributed by atoms with Gasteiger partial charge in [0.25, 0.3) is 0 Å². The van der Waals surface area contributed by atoms with E-state index in [0.717, 1.165) is 0 Å². The molecule has 0 spiro atoms. The van der Waals surface area contributed by atoms with Crippen molar-refractivity contribution in [3.8, 4) is 6.07 Å². The lowest BCUT2D eigenvalue weighted by Crippen LogP contribution is -2.43. The fourth-order valence-corrected chi connectivity index (χ4v) is 0.850. The number of likely N-dealkylation sites (N-methyl/N-ethyl adjacent to an activating group) is 1. The van der Waals surface area contributed by atoms with E-state index < -0.39 is 11.8 Å². The minimum absolute atomic E-state index is 0.157. The van der Waals surface area contributed by atoms with Gasteiger partial charge in [-0.05, 0) is 6.92 Å². The Labute approximate surface area is 83.0 Å². The zero-order chi connectivity index (χ0) is 11.0. The molecule has 0 fully saturated rings. The first-order valence-electron chi connectivity index (χ1n) is 4.22. The third-order valence-corrected chi connectivity index (χ3v) is 1.54. The van der Waals surface area contributed by atoms with Gasteiger partial charge in [-0.25, -0.2) is 0 Å². The number of amides is 2. The van der Waals surface area contributed by atoms with Crippen LogP contribution in [0.3, 0.4) is 0 Å². The molecular weight excluding hydrogens is 182 g/mol. The summed E-state index contributed by atoms with van der Waals surface area (Å²) >= 11 is 0. The quantitative estimate of drug-likeness (QED) is 0.379. The van der Waals surface area contributed by atoms with Gasteiger partial charge >= 0.3 is 11.8 Å². The molecule has 0 aliphatic rings. The van der Waals surface area contributed by atoms with Crippen molar-refractivity contribution in [2.45, 2.75) is 6.92 Å². The SMILES string of the molecule is C=CCN(CC)C(=O)C(=O)NCC#N. The maximum absolute atomic E-state index is 11.3. The summed E-state index contributed by atoms with van der Waals surface area (Å²) < 4.78 is 0. The average molecular weight is 195 g/mol. The maximum Gasteiger partial charge on any atom is 0.312 e. The van der Waals surface area contributed by atoms with Crippen LogP contribution in [0, 0.1) is 11.3 Å². The molecule has 0 aliphatic heterocycles. The van der Waals surface area contributed by atoms with Gasteiger partial charge < -0.3 is 10.2 Å². The molecule has 1 N–H and O–H groups in total. The topological polar surface area (TPSA) is 73.2 Å². The molecule has 14 heavy (non-hydrogen) atoms. The molecule has 0 aromatic heterocycles. The number of hydrogen-bond acceptors (Lipinski definition) is 3. The molecule has 0 bridgehead atoms. The first-order chi connectivity index (χ1) is 6.67. The van der Waals surface area contributed by atoms with Crippen molar-refractivity contribution < 1.29 is 9.59 Å². The van der Waals surface area contributed by atoms with Gasteiger partial charge in [-0.3, -0.25) is 9.59 Å². The van der Waals surface area contributed by atoms with Crippen LogP contribution in [0.4, 0.5) is 0 Å². The van der Waals surface area contributed by atoms with Crippen molar-refractivity contribution in [3.63, 3.8) is 0 Å². The molecule has 5 nitrogen and oxygen atoms in total. The number of carbonyl (C=O) groups is 2. The van der Waals surface area contributed by atoms with E-state index in [9.17, 15) is 9.59 Å². The monoisotopic (exact) mass is 195 g/mol. The molecule has 0 saturated carbocycles. The Bertz CT molecular complexity index is 268. The van der Waals surface area contributed by atoms with Gasteiger partial charge in [-0.2, -0.15) is 5.26 Å². The van der Waals surface area contributed by atoms with E-state index >= 15 is 0 Å². The van der Waals surface area contributed by atoms with E-state index in [0.29, 0.717) is 13.1 Å². The van der Waals surface area contributed by atoms with Crippen molar-refractivity contribution in [1.82, 2.24) is 10.2 Å². The van der Waals surface area contributed by atoms with Gasteiger partial charge in [0.15, 0.2) is 0 Å². The summed E-state index contributed by atoms with van der Waals surface area (Å²) in [4.78, 5) is 23.7. The molecule has 0 atom stereocenters. The molecular formula is C9H13N3O2. The summed E-state index contributed by atoms with van der Waals surface area (Å²) in [5.74, 6) is -1.39. The van der Waals surface area contributed by atoms with Crippen molar-refractivity contribution in [3.05, 3.63) is 12.7 Å². The van der Waals surface area contributed by atoms with Gasteiger partial charge in [-0.1, -0.05) is 6.08 Å². The van der Waals surface area contributed by atoms with Crippen LogP contribution in [-0.2, 0) is 9.59 Å². The van der Waals surface area contributed by atoms with Crippen LogP contribution in [0.15, 0.2) is 12.7 Å². The number of carbonyl (C=O) groups excluding carboxylic acids is 2. The Morgan fingerprint density at radius 2 is 2.29 bits per heavy atom. The fourth-order valence-electron chi connectivity index (χ4n) is 0.850. The molecule has 5 heteroatoms. The van der Waals surface area contributed by atoms with E-state index in [-0.39, 0.29) is 6.54 Å². The van der Waals surface area contributed by atoms with Crippen LogP contribution in [0.25, 0.3) is 0 Å². The van der Waals surface area contributed by atoms with Crippen LogP contribution in [0.2, 0.25) is 0 Å². The Hall–Kier alpha value is -1.83. The first kappa shape index (κ1) is 12.2. The molecule has 0 unspecified atom stereocenters. The standard InChI is InChI=1S/C9H13N3O2/c1-3-7-12(4-2)9(14)8(13)11-6-5-10/h3H,1,4,6-7H2,2H3,(H,11,13). The third kappa shape index (κ3) is 3.72. The predicted octanol–water partition coefficient (Wildman–Crippen LogP) is -0.339. The van der Waals surface area contributed by atoms with E-state index in [1.54, 1.807) is 19.1 Å². The lowest BCUT2D eigenvalue weighted by atomic mass is 10.4. The molecule has 0 saturated heterocycles. The van der Waals surface area contributed by atoms with Crippen molar-refractivity contribution >= 4 is 11.8 Å². The highest BCUT2D eigenvalue weighted by atomic mass is 16.2. The van der Waals surface area contributed by atoms with Gasteiger partial charge in [0.2, 0.25) is 0 Å². The minimum Gasteiger partial charge on any atom is -0.335 e. The van der Waals surface area contributed by atoms with E-state index in [1.165, 1.54) is 4.90 Å². The number of nitrogens with zero attached hydrogens (tertiary/aromatic N) is 2. The van der Waals surface area contributed by atoms with Gasteiger partial charge in [-0.15, -0.1) is 6.58 Å². The summed E-state index contributed by atoms with van der Waals surface area (Å²) in [5.41, 5.74) is 0. The van der Waals surface area contributed by atoms with Crippen molar-refractivity contribution in [2.75, 3.05) is 19.6 Å². The lowest BCUT2D eigenvalue weighted by Gasteiger charge is -2.17. The Morgan fingerprint density at radius 1 is 1.64 bits per heavy atom. The van der Waals surface area contributed by atoms with Crippen LogP contribution < -0.4 is 5.32 Å². The van der Waals surface area contributed by atoms with E-state index in [2.05, 4.69) is 11.9 Å². The molecule has 0 rings (SSSR count). The van der Waals surface area contributed by atoms with Crippen molar-refractivity contribution in [1.29, 1.82) is 5.26 Å². The lowest BCUT2D eigenvalue weighted by molar-refractivity contribution is -0.145. The molecule has 2 amide bonds. The predicted molar refractivity (Wildman–Crippen MR) is 51.1 cm³/mol. The molecule has 0 heterocycles. The van der Waals surface area contributed by atoms with Crippen LogP contribution in [0.5, 0.6) is 0 Å². The molecule has 0 aromatic rings. The number of nitrogens with one attached hydrogen (secondary N) is 1.